The standard InChI is InChI=1S/C25H36O7/c1-13(12-23(6)22-25(8,32-22)17(5)31-23)11-14(2)19(29-10)24(7,27)20-15(3)18(28-9)16(4)21(26)30-20/h11-12,17,19,22,27H,1-10H3/b13-12+,14-11+/t17-,19+,22+,23+,24+,25-/m1/s1. The number of aliphatic hydroxyl groups is 1. The Balaban J connectivity index is 1.95. The lowest BCUT2D eigenvalue weighted by molar-refractivity contribution is -0.0827. The third-order valence-corrected chi connectivity index (χ3v) is 6.91. The average Bonchev–Trinajstić information content (AvgIpc) is 3.35. The summed E-state index contributed by atoms with van der Waals surface area (Å²) in [7, 11) is 3.00. The third-order valence-electron chi connectivity index (χ3n) is 6.91. The summed E-state index contributed by atoms with van der Waals surface area (Å²) in [6.07, 6.45) is 3.27. The van der Waals surface area contributed by atoms with Crippen LogP contribution in [0.3, 0.4) is 0 Å². The van der Waals surface area contributed by atoms with Crippen molar-refractivity contribution in [3.05, 3.63) is 50.6 Å². The lowest BCUT2D eigenvalue weighted by atomic mass is 9.86. The molecule has 3 heterocycles. The maximum atomic E-state index is 12.3. The second kappa shape index (κ2) is 8.13. The summed E-state index contributed by atoms with van der Waals surface area (Å²) >= 11 is 0. The number of rotatable bonds is 7. The van der Waals surface area contributed by atoms with Gasteiger partial charge in [0.15, 0.2) is 0 Å². The van der Waals surface area contributed by atoms with Crippen LogP contribution in [0.25, 0.3) is 0 Å². The molecule has 0 aromatic carbocycles. The lowest BCUT2D eigenvalue weighted by Crippen LogP contribution is -2.40. The van der Waals surface area contributed by atoms with E-state index in [9.17, 15) is 9.90 Å². The summed E-state index contributed by atoms with van der Waals surface area (Å²) < 4.78 is 28.7. The van der Waals surface area contributed by atoms with E-state index in [0.29, 0.717) is 16.9 Å². The Kier molecular flexibility index (Phi) is 6.28. The molecule has 178 valence electrons. The molecule has 2 saturated heterocycles. The molecule has 7 nitrogen and oxygen atoms in total. The van der Waals surface area contributed by atoms with Gasteiger partial charge in [-0.3, -0.25) is 0 Å². The molecule has 0 radical (unpaired) electrons. The maximum absolute atomic E-state index is 12.3. The molecule has 32 heavy (non-hydrogen) atoms. The molecule has 1 aromatic heterocycles. The number of methoxy groups -OCH3 is 2. The molecule has 7 heteroatoms. The molecule has 0 amide bonds. The zero-order valence-electron chi connectivity index (χ0n) is 20.8. The smallest absolute Gasteiger partial charge is 0.342 e. The number of hydrogen-bond donors (Lipinski definition) is 1. The number of allylic oxidation sites excluding steroid dienone is 2. The van der Waals surface area contributed by atoms with E-state index in [1.807, 2.05) is 33.8 Å². The monoisotopic (exact) mass is 448 g/mol. The van der Waals surface area contributed by atoms with E-state index in [0.717, 1.165) is 11.1 Å². The highest BCUT2D eigenvalue weighted by Gasteiger charge is 2.71. The van der Waals surface area contributed by atoms with Crippen LogP contribution in [-0.2, 0) is 19.8 Å². The molecule has 2 fully saturated rings. The highest BCUT2D eigenvalue weighted by Crippen LogP contribution is 2.55. The molecule has 3 rings (SSSR count). The van der Waals surface area contributed by atoms with E-state index in [-0.39, 0.29) is 23.6 Å². The number of ether oxygens (including phenoxy) is 4. The summed E-state index contributed by atoms with van der Waals surface area (Å²) in [5.74, 6) is 0.519. The van der Waals surface area contributed by atoms with Crippen molar-refractivity contribution in [1.82, 2.24) is 0 Å². The van der Waals surface area contributed by atoms with Gasteiger partial charge in [-0.25, -0.2) is 4.79 Å². The summed E-state index contributed by atoms with van der Waals surface area (Å²) in [5, 5.41) is 11.5. The van der Waals surface area contributed by atoms with E-state index in [1.54, 1.807) is 20.8 Å². The van der Waals surface area contributed by atoms with Gasteiger partial charge in [0.05, 0.1) is 18.8 Å². The maximum Gasteiger partial charge on any atom is 0.342 e. The number of epoxide rings is 1. The van der Waals surface area contributed by atoms with Gasteiger partial charge in [-0.2, -0.15) is 0 Å². The van der Waals surface area contributed by atoms with Gasteiger partial charge in [0.1, 0.15) is 40.5 Å². The van der Waals surface area contributed by atoms with Crippen molar-refractivity contribution >= 4 is 0 Å². The zero-order chi connectivity index (χ0) is 24.2. The normalized spacial score (nSPS) is 33.0. The quantitative estimate of drug-likeness (QED) is 0.502. The van der Waals surface area contributed by atoms with E-state index >= 15 is 0 Å². The van der Waals surface area contributed by atoms with Gasteiger partial charge in [-0.15, -0.1) is 0 Å². The van der Waals surface area contributed by atoms with Crippen molar-refractivity contribution in [2.24, 2.45) is 0 Å². The van der Waals surface area contributed by atoms with E-state index in [4.69, 9.17) is 23.4 Å². The summed E-state index contributed by atoms with van der Waals surface area (Å²) in [4.78, 5) is 12.3. The van der Waals surface area contributed by atoms with Crippen LogP contribution < -0.4 is 10.4 Å². The van der Waals surface area contributed by atoms with Crippen molar-refractivity contribution in [3.8, 4) is 5.75 Å². The summed E-state index contributed by atoms with van der Waals surface area (Å²) in [5.41, 5.74) is -0.281. The fraction of sp³-hybridized carbons (Fsp3) is 0.640. The Hall–Kier alpha value is -1.93. The molecule has 0 spiro atoms. The van der Waals surface area contributed by atoms with Crippen LogP contribution in [0.1, 0.15) is 58.4 Å². The highest BCUT2D eigenvalue weighted by molar-refractivity contribution is 5.42. The first-order chi connectivity index (χ1) is 14.7. The fourth-order valence-corrected chi connectivity index (χ4v) is 5.30. The molecular formula is C25H36O7. The minimum atomic E-state index is -1.61. The first kappa shape index (κ1) is 24.7. The average molecular weight is 449 g/mol. The molecule has 0 aliphatic carbocycles. The van der Waals surface area contributed by atoms with Crippen LogP contribution in [0.2, 0.25) is 0 Å². The second-order valence-corrected chi connectivity index (χ2v) is 9.67. The largest absolute Gasteiger partial charge is 0.496 e. The van der Waals surface area contributed by atoms with Crippen molar-refractivity contribution in [2.75, 3.05) is 14.2 Å². The molecular weight excluding hydrogens is 412 g/mol. The van der Waals surface area contributed by atoms with E-state index in [1.165, 1.54) is 14.2 Å². The van der Waals surface area contributed by atoms with Crippen LogP contribution >= 0.6 is 0 Å². The molecule has 0 bridgehead atoms. The Morgan fingerprint density at radius 1 is 1.19 bits per heavy atom. The molecule has 2 aliphatic rings. The molecule has 0 unspecified atom stereocenters. The summed E-state index contributed by atoms with van der Waals surface area (Å²) in [6, 6.07) is 0. The molecule has 1 N–H and O–H groups in total. The molecule has 0 saturated carbocycles. The van der Waals surface area contributed by atoms with Gasteiger partial charge < -0.3 is 28.5 Å². The third kappa shape index (κ3) is 3.85. The van der Waals surface area contributed by atoms with Crippen molar-refractivity contribution in [1.29, 1.82) is 0 Å². The Morgan fingerprint density at radius 2 is 1.81 bits per heavy atom. The van der Waals surface area contributed by atoms with Crippen LogP contribution in [0.5, 0.6) is 5.75 Å². The van der Waals surface area contributed by atoms with Crippen LogP contribution in [0.15, 0.2) is 32.5 Å². The lowest BCUT2D eigenvalue weighted by Gasteiger charge is -2.33. The van der Waals surface area contributed by atoms with Gasteiger partial charge in [0.2, 0.25) is 0 Å². The SMILES string of the molecule is COc1c(C)c([C@@](C)(O)[C@@H](OC)/C(C)=C/C(C)=C/[C@]2(C)O[C@H](C)[C@@]3(C)O[C@H]32)oc(=O)c1C. The Labute approximate surface area is 190 Å². The zero-order valence-corrected chi connectivity index (χ0v) is 20.8. The van der Waals surface area contributed by atoms with E-state index < -0.39 is 22.9 Å². The molecule has 6 atom stereocenters. The predicted octanol–water partition coefficient (Wildman–Crippen LogP) is 3.72. The van der Waals surface area contributed by atoms with E-state index in [2.05, 4.69) is 13.0 Å². The topological polar surface area (TPSA) is 90.7 Å². The predicted molar refractivity (Wildman–Crippen MR) is 121 cm³/mol. The van der Waals surface area contributed by atoms with Crippen LogP contribution in [-0.4, -0.2) is 48.8 Å². The van der Waals surface area contributed by atoms with Crippen molar-refractivity contribution in [2.45, 2.75) is 90.5 Å². The highest BCUT2D eigenvalue weighted by atomic mass is 16.7. The van der Waals surface area contributed by atoms with Crippen LogP contribution in [0, 0.1) is 13.8 Å². The van der Waals surface area contributed by atoms with Gasteiger partial charge >= 0.3 is 5.63 Å². The van der Waals surface area contributed by atoms with Crippen molar-refractivity contribution < 1.29 is 28.5 Å². The van der Waals surface area contributed by atoms with Gasteiger partial charge in [0, 0.05) is 12.7 Å². The van der Waals surface area contributed by atoms with Gasteiger partial charge in [-0.05, 0) is 67.0 Å². The minimum Gasteiger partial charge on any atom is -0.496 e. The second-order valence-electron chi connectivity index (χ2n) is 9.67. The Morgan fingerprint density at radius 3 is 2.28 bits per heavy atom. The summed E-state index contributed by atoms with van der Waals surface area (Å²) in [6.45, 7) is 14.9. The first-order valence-corrected chi connectivity index (χ1v) is 10.9. The first-order valence-electron chi connectivity index (χ1n) is 10.9. The number of fused-ring (bicyclic) bond motifs is 1. The van der Waals surface area contributed by atoms with Gasteiger partial charge in [0.25, 0.3) is 0 Å². The minimum absolute atomic E-state index is 0.0153. The van der Waals surface area contributed by atoms with Crippen LogP contribution in [0.4, 0.5) is 0 Å². The fourth-order valence-electron chi connectivity index (χ4n) is 5.30. The molecule has 1 aromatic rings. The molecule has 2 aliphatic heterocycles. The number of hydrogen-bond acceptors (Lipinski definition) is 7. The van der Waals surface area contributed by atoms with Crippen molar-refractivity contribution in [3.63, 3.8) is 0 Å². The Bertz CT molecular complexity index is 1020. The van der Waals surface area contributed by atoms with Gasteiger partial charge in [-0.1, -0.05) is 11.6 Å².